The lowest BCUT2D eigenvalue weighted by Crippen LogP contribution is -2.29. The lowest BCUT2D eigenvalue weighted by Gasteiger charge is -2.16. The summed E-state index contributed by atoms with van der Waals surface area (Å²) in [6.07, 6.45) is 1.48. The van der Waals surface area contributed by atoms with E-state index in [0.29, 0.717) is 6.42 Å². The number of hydrogen-bond donors (Lipinski definition) is 2. The molecule has 2 heterocycles. The topological polar surface area (TPSA) is 65.1 Å². The number of aromatic nitrogens is 2. The molecule has 0 bridgehead atoms. The largest absolute Gasteiger partial charge is 0.496 e. The van der Waals surface area contributed by atoms with Gasteiger partial charge in [0.15, 0.2) is 0 Å². The van der Waals surface area contributed by atoms with E-state index in [-0.39, 0.29) is 6.04 Å². The van der Waals surface area contributed by atoms with Gasteiger partial charge in [-0.2, -0.15) is 5.10 Å². The molecular weight excluding hydrogens is 296 g/mol. The van der Waals surface area contributed by atoms with Crippen molar-refractivity contribution in [2.75, 3.05) is 7.11 Å². The zero-order valence-corrected chi connectivity index (χ0v) is 13.4. The van der Waals surface area contributed by atoms with E-state index < -0.39 is 0 Å². The Hall–Kier alpha value is -1.08. The summed E-state index contributed by atoms with van der Waals surface area (Å²) in [6.45, 7) is 2.04. The summed E-state index contributed by atoms with van der Waals surface area (Å²) in [5.74, 6) is 6.54. The second-order valence-electron chi connectivity index (χ2n) is 4.46. The van der Waals surface area contributed by atoms with Crippen LogP contribution in [0.3, 0.4) is 0 Å². The quantitative estimate of drug-likeness (QED) is 0.635. The number of halogens is 1. The van der Waals surface area contributed by atoms with Crippen molar-refractivity contribution in [3.63, 3.8) is 0 Å². The third-order valence-corrected chi connectivity index (χ3v) is 4.74. The summed E-state index contributed by atoms with van der Waals surface area (Å²) in [6, 6.07) is 1.88. The molecule has 1 unspecified atom stereocenters. The predicted molar refractivity (Wildman–Crippen MR) is 82.2 cm³/mol. The van der Waals surface area contributed by atoms with E-state index in [4.69, 9.17) is 22.2 Å². The molecule has 0 radical (unpaired) electrons. The number of thiophene rings is 1. The van der Waals surface area contributed by atoms with E-state index in [1.165, 1.54) is 0 Å². The number of hydrazine groups is 1. The number of nitrogens with zero attached hydrogens (tertiary/aromatic N) is 2. The molecule has 2 aromatic rings. The highest BCUT2D eigenvalue weighted by atomic mass is 35.5. The molecule has 0 aliphatic carbocycles. The van der Waals surface area contributed by atoms with Crippen molar-refractivity contribution in [2.24, 2.45) is 12.9 Å². The van der Waals surface area contributed by atoms with E-state index in [1.807, 2.05) is 30.1 Å². The van der Waals surface area contributed by atoms with Crippen molar-refractivity contribution in [3.05, 3.63) is 32.7 Å². The summed E-state index contributed by atoms with van der Waals surface area (Å²) in [4.78, 5) is 1.06. The second kappa shape index (κ2) is 6.58. The lowest BCUT2D eigenvalue weighted by molar-refractivity contribution is 0.402. The number of nitrogens with two attached hydrogens (primary N) is 1. The molecule has 0 aliphatic rings. The van der Waals surface area contributed by atoms with Crippen LogP contribution in [0.25, 0.3) is 0 Å². The first kappa shape index (κ1) is 15.3. The molecule has 0 saturated heterocycles. The van der Waals surface area contributed by atoms with Gasteiger partial charge >= 0.3 is 0 Å². The molecule has 0 aromatic carbocycles. The fourth-order valence-electron chi connectivity index (χ4n) is 2.19. The molecule has 0 fully saturated rings. The van der Waals surface area contributed by atoms with Crippen molar-refractivity contribution < 1.29 is 4.74 Å². The summed E-state index contributed by atoms with van der Waals surface area (Å²) in [5.41, 5.74) is 4.73. The van der Waals surface area contributed by atoms with Gasteiger partial charge in [0.25, 0.3) is 0 Å². The lowest BCUT2D eigenvalue weighted by atomic mass is 10.1. The van der Waals surface area contributed by atoms with Gasteiger partial charge in [0.05, 0.1) is 34.4 Å². The van der Waals surface area contributed by atoms with Crippen molar-refractivity contribution in [1.82, 2.24) is 15.2 Å². The minimum Gasteiger partial charge on any atom is -0.496 e. The Morgan fingerprint density at radius 3 is 2.90 bits per heavy atom. The maximum atomic E-state index is 6.39. The molecule has 5 nitrogen and oxygen atoms in total. The van der Waals surface area contributed by atoms with Gasteiger partial charge in [0.2, 0.25) is 0 Å². The van der Waals surface area contributed by atoms with Gasteiger partial charge in [-0.1, -0.05) is 18.5 Å². The third-order valence-electron chi connectivity index (χ3n) is 3.30. The highest BCUT2D eigenvalue weighted by Gasteiger charge is 2.21. The van der Waals surface area contributed by atoms with Crippen LogP contribution in [0.5, 0.6) is 5.75 Å². The first-order valence-corrected chi connectivity index (χ1v) is 7.65. The van der Waals surface area contributed by atoms with Crippen LogP contribution in [-0.4, -0.2) is 16.9 Å². The van der Waals surface area contributed by atoms with Crippen LogP contribution in [-0.2, 0) is 19.9 Å². The normalized spacial score (nSPS) is 12.7. The highest BCUT2D eigenvalue weighted by molar-refractivity contribution is 7.10. The van der Waals surface area contributed by atoms with Crippen LogP contribution >= 0.6 is 22.9 Å². The van der Waals surface area contributed by atoms with Crippen molar-refractivity contribution >= 4 is 22.9 Å². The molecule has 3 N–H and O–H groups in total. The van der Waals surface area contributed by atoms with Crippen LogP contribution in [0.4, 0.5) is 0 Å². The van der Waals surface area contributed by atoms with E-state index in [9.17, 15) is 0 Å². The maximum absolute atomic E-state index is 6.39. The van der Waals surface area contributed by atoms with Crippen LogP contribution < -0.4 is 16.0 Å². The Labute approximate surface area is 127 Å². The molecule has 20 heavy (non-hydrogen) atoms. The number of nitrogens with one attached hydrogen (secondary N) is 1. The molecule has 7 heteroatoms. The van der Waals surface area contributed by atoms with Gasteiger partial charge in [-0.05, 0) is 17.9 Å². The van der Waals surface area contributed by atoms with Gasteiger partial charge in [0, 0.05) is 13.5 Å². The summed E-state index contributed by atoms with van der Waals surface area (Å²) in [5, 5.41) is 7.14. The van der Waals surface area contributed by atoms with Crippen molar-refractivity contribution in [2.45, 2.75) is 25.8 Å². The van der Waals surface area contributed by atoms with E-state index >= 15 is 0 Å². The summed E-state index contributed by atoms with van der Waals surface area (Å²) >= 11 is 8.00. The molecule has 2 aromatic heterocycles. The molecule has 2 rings (SSSR count). The Morgan fingerprint density at radius 1 is 1.60 bits per heavy atom. The Morgan fingerprint density at radius 2 is 2.35 bits per heavy atom. The summed E-state index contributed by atoms with van der Waals surface area (Å²) < 4.78 is 7.18. The molecule has 0 aliphatic heterocycles. The van der Waals surface area contributed by atoms with Crippen LogP contribution in [0.1, 0.15) is 29.2 Å². The highest BCUT2D eigenvalue weighted by Crippen LogP contribution is 2.34. The Balaban J connectivity index is 2.29. The maximum Gasteiger partial charge on any atom is 0.134 e. The fourth-order valence-corrected chi connectivity index (χ4v) is 3.49. The van der Waals surface area contributed by atoms with Crippen LogP contribution in [0, 0.1) is 0 Å². The third kappa shape index (κ3) is 2.83. The molecule has 1 atom stereocenters. The second-order valence-corrected chi connectivity index (χ2v) is 5.79. The Bertz CT molecular complexity index is 581. The van der Waals surface area contributed by atoms with Crippen molar-refractivity contribution in [3.8, 4) is 5.75 Å². The predicted octanol–water partition coefficient (Wildman–Crippen LogP) is 2.45. The zero-order valence-electron chi connectivity index (χ0n) is 11.8. The average molecular weight is 315 g/mol. The van der Waals surface area contributed by atoms with E-state index in [0.717, 1.165) is 33.5 Å². The summed E-state index contributed by atoms with van der Waals surface area (Å²) in [7, 11) is 3.56. The number of aryl methyl sites for hydroxylation is 2. The number of rotatable bonds is 6. The Kier molecular flexibility index (Phi) is 5.04. The average Bonchev–Trinajstić information content (AvgIpc) is 3.02. The standard InChI is InChI=1S/C13H19ClN4OS/c1-4-8-12(14)10(18(2)17-8)7-9(16-15)13-11(19-3)5-6-20-13/h5-6,9,16H,4,7,15H2,1-3H3. The van der Waals surface area contributed by atoms with Crippen LogP contribution in [0.2, 0.25) is 5.02 Å². The number of hydrogen-bond acceptors (Lipinski definition) is 5. The van der Waals surface area contributed by atoms with Gasteiger partial charge in [-0.15, -0.1) is 11.3 Å². The minimum absolute atomic E-state index is 0.0532. The van der Waals surface area contributed by atoms with E-state index in [1.54, 1.807) is 18.4 Å². The molecule has 0 amide bonds. The van der Waals surface area contributed by atoms with Gasteiger partial charge < -0.3 is 4.74 Å². The van der Waals surface area contributed by atoms with Gasteiger partial charge in [-0.25, -0.2) is 0 Å². The first-order chi connectivity index (χ1) is 9.62. The molecule has 110 valence electrons. The fraction of sp³-hybridized carbons (Fsp3) is 0.462. The smallest absolute Gasteiger partial charge is 0.134 e. The molecule has 0 saturated carbocycles. The first-order valence-electron chi connectivity index (χ1n) is 6.40. The molecule has 0 spiro atoms. The number of ether oxygens (including phenoxy) is 1. The van der Waals surface area contributed by atoms with Gasteiger partial charge in [0.1, 0.15) is 5.75 Å². The minimum atomic E-state index is -0.0532. The van der Waals surface area contributed by atoms with Crippen molar-refractivity contribution in [1.29, 1.82) is 0 Å². The van der Waals surface area contributed by atoms with Gasteiger partial charge in [-0.3, -0.25) is 16.0 Å². The molecular formula is C13H19ClN4OS. The van der Waals surface area contributed by atoms with E-state index in [2.05, 4.69) is 10.5 Å². The van der Waals surface area contributed by atoms with Crippen LogP contribution in [0.15, 0.2) is 11.4 Å². The number of methoxy groups -OCH3 is 1. The monoisotopic (exact) mass is 314 g/mol. The SMILES string of the molecule is CCc1nn(C)c(CC(NN)c2sccc2OC)c1Cl. The zero-order chi connectivity index (χ0) is 14.7.